The van der Waals surface area contributed by atoms with Gasteiger partial charge in [-0.25, -0.2) is 4.79 Å². The van der Waals surface area contributed by atoms with Gasteiger partial charge in [-0.15, -0.1) is 0 Å². The minimum Gasteiger partial charge on any atom is -0.450 e. The van der Waals surface area contributed by atoms with Crippen LogP contribution in [-0.4, -0.2) is 43.6 Å². The van der Waals surface area contributed by atoms with Crippen LogP contribution in [0.3, 0.4) is 0 Å². The van der Waals surface area contributed by atoms with Gasteiger partial charge in [0.2, 0.25) is 5.91 Å². The first-order valence-electron chi connectivity index (χ1n) is 8.64. The molecule has 124 valence electrons. The van der Waals surface area contributed by atoms with E-state index in [9.17, 15) is 9.59 Å². The first-order valence-corrected chi connectivity index (χ1v) is 8.64. The van der Waals surface area contributed by atoms with Gasteiger partial charge in [-0.2, -0.15) is 0 Å². The van der Waals surface area contributed by atoms with E-state index in [4.69, 9.17) is 4.74 Å². The van der Waals surface area contributed by atoms with E-state index in [0.717, 1.165) is 24.3 Å². The highest BCUT2D eigenvalue weighted by molar-refractivity contribution is 5.82. The van der Waals surface area contributed by atoms with Crippen molar-refractivity contribution in [2.75, 3.05) is 26.7 Å². The van der Waals surface area contributed by atoms with Crippen LogP contribution in [-0.2, 0) is 9.53 Å². The van der Waals surface area contributed by atoms with Crippen LogP contribution in [0.2, 0.25) is 0 Å². The van der Waals surface area contributed by atoms with Gasteiger partial charge < -0.3 is 15.0 Å². The van der Waals surface area contributed by atoms with Gasteiger partial charge in [-0.05, 0) is 68.6 Å². The maximum atomic E-state index is 12.2. The van der Waals surface area contributed by atoms with E-state index in [1.165, 1.54) is 38.5 Å². The Morgan fingerprint density at radius 1 is 1.14 bits per heavy atom. The van der Waals surface area contributed by atoms with Gasteiger partial charge in [-0.1, -0.05) is 0 Å². The standard InChI is InChI=1S/C17H28N2O3/c1-3-22-16(21)18-10-15(20)19(2)11-17-7-12-4-13(8-17)6-14(5-12)9-17/h12-14H,3-11H2,1-2H3,(H,18,21). The molecule has 4 bridgehead atoms. The van der Waals surface area contributed by atoms with Crippen LogP contribution in [0.5, 0.6) is 0 Å². The number of ether oxygens (including phenoxy) is 1. The normalized spacial score (nSPS) is 35.3. The third-order valence-corrected chi connectivity index (χ3v) is 5.82. The highest BCUT2D eigenvalue weighted by Crippen LogP contribution is 2.60. The van der Waals surface area contributed by atoms with Crippen molar-refractivity contribution in [1.29, 1.82) is 0 Å². The van der Waals surface area contributed by atoms with Gasteiger partial charge >= 0.3 is 6.09 Å². The van der Waals surface area contributed by atoms with Gasteiger partial charge in [0.05, 0.1) is 6.61 Å². The summed E-state index contributed by atoms with van der Waals surface area (Å²) < 4.78 is 4.79. The second kappa shape index (κ2) is 6.09. The number of amides is 2. The van der Waals surface area contributed by atoms with Crippen molar-refractivity contribution in [3.63, 3.8) is 0 Å². The molecule has 0 aromatic rings. The molecule has 0 saturated heterocycles. The van der Waals surface area contributed by atoms with Crippen molar-refractivity contribution < 1.29 is 14.3 Å². The Morgan fingerprint density at radius 2 is 1.68 bits per heavy atom. The SMILES string of the molecule is CCOC(=O)NCC(=O)N(C)CC12CC3CC(CC(C3)C1)C2. The van der Waals surface area contributed by atoms with Crippen LogP contribution < -0.4 is 5.32 Å². The van der Waals surface area contributed by atoms with E-state index in [2.05, 4.69) is 5.32 Å². The molecule has 5 nitrogen and oxygen atoms in total. The van der Waals surface area contributed by atoms with Gasteiger partial charge in [0.15, 0.2) is 0 Å². The minimum absolute atomic E-state index is 0.0243. The van der Waals surface area contributed by atoms with Crippen LogP contribution in [0, 0.1) is 23.2 Å². The third-order valence-electron chi connectivity index (χ3n) is 5.82. The number of carbonyl (C=O) groups excluding carboxylic acids is 2. The fourth-order valence-corrected chi connectivity index (χ4v) is 5.54. The summed E-state index contributed by atoms with van der Waals surface area (Å²) in [7, 11) is 1.87. The summed E-state index contributed by atoms with van der Waals surface area (Å²) in [6, 6.07) is 0. The second-order valence-electron chi connectivity index (χ2n) is 7.74. The molecule has 4 saturated carbocycles. The molecule has 0 aromatic heterocycles. The maximum Gasteiger partial charge on any atom is 0.407 e. The summed E-state index contributed by atoms with van der Waals surface area (Å²) in [6.45, 7) is 2.95. The molecule has 4 aliphatic rings. The lowest BCUT2D eigenvalue weighted by molar-refractivity contribution is -0.134. The van der Waals surface area contributed by atoms with Crippen molar-refractivity contribution >= 4 is 12.0 Å². The Morgan fingerprint density at radius 3 is 2.18 bits per heavy atom. The largest absolute Gasteiger partial charge is 0.450 e. The van der Waals surface area contributed by atoms with E-state index in [-0.39, 0.29) is 12.5 Å². The number of hydrogen-bond donors (Lipinski definition) is 1. The molecular weight excluding hydrogens is 280 g/mol. The third kappa shape index (κ3) is 3.23. The summed E-state index contributed by atoms with van der Waals surface area (Å²) in [4.78, 5) is 25.3. The second-order valence-corrected chi connectivity index (χ2v) is 7.74. The molecule has 0 spiro atoms. The lowest BCUT2D eigenvalue weighted by Gasteiger charge is -2.57. The Hall–Kier alpha value is -1.26. The maximum absolute atomic E-state index is 12.2. The molecule has 2 amide bonds. The molecule has 4 rings (SSSR count). The van der Waals surface area contributed by atoms with Crippen molar-refractivity contribution in [3.05, 3.63) is 0 Å². The molecule has 4 aliphatic carbocycles. The highest BCUT2D eigenvalue weighted by Gasteiger charge is 2.51. The summed E-state index contributed by atoms with van der Waals surface area (Å²) in [5, 5.41) is 2.52. The van der Waals surface area contributed by atoms with E-state index in [1.807, 2.05) is 11.9 Å². The molecule has 1 N–H and O–H groups in total. The van der Waals surface area contributed by atoms with Gasteiger partial charge in [0.25, 0.3) is 0 Å². The van der Waals surface area contributed by atoms with E-state index < -0.39 is 6.09 Å². The Balaban J connectivity index is 1.52. The molecule has 0 atom stereocenters. The molecule has 22 heavy (non-hydrogen) atoms. The van der Waals surface area contributed by atoms with Crippen LogP contribution in [0.15, 0.2) is 0 Å². The van der Waals surface area contributed by atoms with Gasteiger partial charge in [-0.3, -0.25) is 4.79 Å². The highest BCUT2D eigenvalue weighted by atomic mass is 16.5. The van der Waals surface area contributed by atoms with E-state index in [1.54, 1.807) is 6.92 Å². The predicted molar refractivity (Wildman–Crippen MR) is 83.3 cm³/mol. The zero-order valence-corrected chi connectivity index (χ0v) is 13.8. The number of nitrogens with one attached hydrogen (secondary N) is 1. The average molecular weight is 308 g/mol. The fourth-order valence-electron chi connectivity index (χ4n) is 5.54. The number of alkyl carbamates (subject to hydrolysis) is 1. The molecule has 0 heterocycles. The van der Waals surface area contributed by atoms with E-state index in [0.29, 0.717) is 12.0 Å². The summed E-state index contributed by atoms with van der Waals surface area (Å²) >= 11 is 0. The number of likely N-dealkylation sites (N-methyl/N-ethyl adjacent to an activating group) is 1. The van der Waals surface area contributed by atoms with Crippen molar-refractivity contribution in [2.45, 2.75) is 45.4 Å². The van der Waals surface area contributed by atoms with Crippen molar-refractivity contribution in [3.8, 4) is 0 Å². The lowest BCUT2D eigenvalue weighted by Crippen LogP contribution is -2.52. The molecule has 0 unspecified atom stereocenters. The average Bonchev–Trinajstić information content (AvgIpc) is 2.43. The first kappa shape index (κ1) is 15.6. The zero-order chi connectivity index (χ0) is 15.7. The fraction of sp³-hybridized carbons (Fsp3) is 0.882. The number of nitrogens with zero attached hydrogens (tertiary/aromatic N) is 1. The minimum atomic E-state index is -0.515. The van der Waals surface area contributed by atoms with Gasteiger partial charge in [0.1, 0.15) is 6.54 Å². The summed E-state index contributed by atoms with van der Waals surface area (Å²) in [6.07, 6.45) is 7.62. The molecule has 0 radical (unpaired) electrons. The number of hydrogen-bond acceptors (Lipinski definition) is 3. The van der Waals surface area contributed by atoms with Crippen molar-refractivity contribution in [1.82, 2.24) is 10.2 Å². The molecule has 5 heteroatoms. The number of carbonyl (C=O) groups is 2. The first-order chi connectivity index (χ1) is 10.5. The molecule has 4 fully saturated rings. The lowest BCUT2D eigenvalue weighted by atomic mass is 9.49. The summed E-state index contributed by atoms with van der Waals surface area (Å²) in [5.41, 5.74) is 0.350. The van der Waals surface area contributed by atoms with Crippen LogP contribution in [0.4, 0.5) is 4.79 Å². The van der Waals surface area contributed by atoms with Crippen LogP contribution in [0.25, 0.3) is 0 Å². The topological polar surface area (TPSA) is 58.6 Å². The van der Waals surface area contributed by atoms with E-state index >= 15 is 0 Å². The molecule has 0 aliphatic heterocycles. The monoisotopic (exact) mass is 308 g/mol. The van der Waals surface area contributed by atoms with Crippen LogP contribution in [0.1, 0.15) is 45.4 Å². The Labute approximate surface area is 132 Å². The zero-order valence-electron chi connectivity index (χ0n) is 13.8. The smallest absolute Gasteiger partial charge is 0.407 e. The molecule has 0 aromatic carbocycles. The van der Waals surface area contributed by atoms with Gasteiger partial charge in [0, 0.05) is 13.6 Å². The quantitative estimate of drug-likeness (QED) is 0.848. The van der Waals surface area contributed by atoms with Crippen LogP contribution >= 0.6 is 0 Å². The predicted octanol–water partition coefficient (Wildman–Crippen LogP) is 2.41. The Kier molecular flexibility index (Phi) is 4.33. The Bertz CT molecular complexity index is 414. The number of rotatable bonds is 5. The van der Waals surface area contributed by atoms with Crippen molar-refractivity contribution in [2.24, 2.45) is 23.2 Å². The summed E-state index contributed by atoms with van der Waals surface area (Å²) in [5.74, 6) is 2.66. The molecular formula is C17H28N2O3.